The molecular weight excluding hydrogens is 366 g/mol. The van der Waals surface area contributed by atoms with Crippen LogP contribution in [-0.4, -0.2) is 36.3 Å². The highest BCUT2D eigenvalue weighted by Gasteiger charge is 2.22. The lowest BCUT2D eigenvalue weighted by Gasteiger charge is -2.19. The number of hydrogen-bond donors (Lipinski definition) is 1. The number of carbonyl (C=O) groups is 1. The van der Waals surface area contributed by atoms with Crippen LogP contribution in [-0.2, 0) is 21.4 Å². The van der Waals surface area contributed by atoms with Gasteiger partial charge in [0.05, 0.1) is 10.9 Å². The van der Waals surface area contributed by atoms with Crippen molar-refractivity contribution in [1.82, 2.24) is 14.2 Å². The third kappa shape index (κ3) is 5.05. The molecule has 0 bridgehead atoms. The van der Waals surface area contributed by atoms with E-state index in [9.17, 15) is 18.0 Å². The second-order valence-corrected chi connectivity index (χ2v) is 8.06. The first-order chi connectivity index (χ1) is 12.8. The van der Waals surface area contributed by atoms with Crippen molar-refractivity contribution in [3.05, 3.63) is 64.6 Å². The quantitative estimate of drug-likeness (QED) is 0.743. The maximum Gasteiger partial charge on any atom is 0.251 e. The molecule has 146 valence electrons. The predicted octanol–water partition coefficient (Wildman–Crippen LogP) is 1.76. The van der Waals surface area contributed by atoms with Crippen molar-refractivity contribution in [2.45, 2.75) is 38.3 Å². The predicted molar refractivity (Wildman–Crippen MR) is 104 cm³/mol. The molecule has 2 aromatic rings. The van der Waals surface area contributed by atoms with Gasteiger partial charge in [-0.25, -0.2) is 8.42 Å². The monoisotopic (exact) mass is 391 g/mol. The van der Waals surface area contributed by atoms with Crippen molar-refractivity contribution in [3.8, 4) is 0 Å². The molecule has 0 aliphatic carbocycles. The molecule has 0 aliphatic heterocycles. The number of rotatable bonds is 8. The topological polar surface area (TPSA) is 88.5 Å². The van der Waals surface area contributed by atoms with Crippen molar-refractivity contribution < 1.29 is 13.2 Å². The van der Waals surface area contributed by atoms with Gasteiger partial charge in [-0.1, -0.05) is 44.2 Å². The van der Waals surface area contributed by atoms with Gasteiger partial charge in [-0.15, -0.1) is 0 Å². The first-order valence-corrected chi connectivity index (χ1v) is 10.3. The van der Waals surface area contributed by atoms with Crippen LogP contribution < -0.4 is 10.9 Å². The van der Waals surface area contributed by atoms with Crippen molar-refractivity contribution in [2.24, 2.45) is 0 Å². The average molecular weight is 391 g/mol. The van der Waals surface area contributed by atoms with Gasteiger partial charge >= 0.3 is 0 Å². The van der Waals surface area contributed by atoms with Crippen LogP contribution in [0.5, 0.6) is 0 Å². The van der Waals surface area contributed by atoms with Crippen molar-refractivity contribution >= 4 is 15.9 Å². The maximum atomic E-state index is 12.6. The SMILES string of the molecule is CCN(CC)S(=O)(=O)c1ccc(=O)n(CC(=O)NC(C)c2ccccc2)c1. The van der Waals surface area contributed by atoms with Gasteiger partial charge in [0.25, 0.3) is 5.56 Å². The van der Waals surface area contributed by atoms with E-state index in [4.69, 9.17) is 0 Å². The second-order valence-electron chi connectivity index (χ2n) is 6.12. The van der Waals surface area contributed by atoms with Crippen LogP contribution >= 0.6 is 0 Å². The number of benzene rings is 1. The molecule has 1 amide bonds. The van der Waals surface area contributed by atoms with Gasteiger partial charge in [0.15, 0.2) is 0 Å². The maximum absolute atomic E-state index is 12.6. The molecule has 0 saturated carbocycles. The number of amides is 1. The Balaban J connectivity index is 2.19. The standard InChI is InChI=1S/C19H25N3O4S/c1-4-22(5-2)27(25,26)17-11-12-19(24)21(13-17)14-18(23)20-15(3)16-9-7-6-8-10-16/h6-13,15H,4-5,14H2,1-3H3,(H,20,23). The lowest BCUT2D eigenvalue weighted by Crippen LogP contribution is -2.35. The molecule has 0 spiro atoms. The minimum Gasteiger partial charge on any atom is -0.348 e. The van der Waals surface area contributed by atoms with Crippen LogP contribution in [0.3, 0.4) is 0 Å². The van der Waals surface area contributed by atoms with Crippen LogP contribution in [0.2, 0.25) is 0 Å². The number of pyridine rings is 1. The van der Waals surface area contributed by atoms with Crippen LogP contribution in [0.4, 0.5) is 0 Å². The zero-order chi connectivity index (χ0) is 20.0. The largest absolute Gasteiger partial charge is 0.348 e. The van der Waals surface area contributed by atoms with Crippen LogP contribution in [0.1, 0.15) is 32.4 Å². The Labute approximate surface area is 159 Å². The normalized spacial score (nSPS) is 12.7. The zero-order valence-corrected chi connectivity index (χ0v) is 16.6. The number of carbonyl (C=O) groups excluding carboxylic acids is 1. The highest BCUT2D eigenvalue weighted by Crippen LogP contribution is 2.14. The van der Waals surface area contributed by atoms with Gasteiger partial charge in [-0.05, 0) is 18.6 Å². The molecule has 1 N–H and O–H groups in total. The van der Waals surface area contributed by atoms with Crippen LogP contribution in [0, 0.1) is 0 Å². The summed E-state index contributed by atoms with van der Waals surface area (Å²) < 4.78 is 27.6. The van der Waals surface area contributed by atoms with E-state index in [1.165, 1.54) is 22.6 Å². The highest BCUT2D eigenvalue weighted by atomic mass is 32.2. The molecular formula is C19H25N3O4S. The molecule has 1 heterocycles. The summed E-state index contributed by atoms with van der Waals surface area (Å²) in [4.78, 5) is 24.4. The Morgan fingerprint density at radius 3 is 2.33 bits per heavy atom. The van der Waals surface area contributed by atoms with Crippen molar-refractivity contribution in [2.75, 3.05) is 13.1 Å². The lowest BCUT2D eigenvalue weighted by molar-refractivity contribution is -0.122. The Morgan fingerprint density at radius 1 is 1.11 bits per heavy atom. The van der Waals surface area contributed by atoms with E-state index in [1.54, 1.807) is 13.8 Å². The van der Waals surface area contributed by atoms with E-state index in [0.29, 0.717) is 13.1 Å². The molecule has 1 unspecified atom stereocenters. The zero-order valence-electron chi connectivity index (χ0n) is 15.8. The number of nitrogens with one attached hydrogen (secondary N) is 1. The van der Waals surface area contributed by atoms with Gasteiger partial charge in [0.2, 0.25) is 15.9 Å². The third-order valence-corrected chi connectivity index (χ3v) is 6.32. The lowest BCUT2D eigenvalue weighted by atomic mass is 10.1. The second kappa shape index (κ2) is 8.96. The molecule has 0 saturated heterocycles. The molecule has 2 rings (SSSR count). The average Bonchev–Trinajstić information content (AvgIpc) is 2.64. The molecule has 0 aliphatic rings. The Hall–Kier alpha value is -2.45. The fourth-order valence-electron chi connectivity index (χ4n) is 2.77. The van der Waals surface area contributed by atoms with Gasteiger partial charge in [0, 0.05) is 25.4 Å². The molecule has 1 aromatic carbocycles. The number of hydrogen-bond acceptors (Lipinski definition) is 4. The Bertz CT molecular complexity index is 935. The third-order valence-electron chi connectivity index (χ3n) is 4.29. The molecule has 27 heavy (non-hydrogen) atoms. The van der Waals surface area contributed by atoms with E-state index in [2.05, 4.69) is 5.32 Å². The summed E-state index contributed by atoms with van der Waals surface area (Å²) in [6, 6.07) is 11.7. The minimum absolute atomic E-state index is 0.00490. The molecule has 0 radical (unpaired) electrons. The fraction of sp³-hybridized carbons (Fsp3) is 0.368. The van der Waals surface area contributed by atoms with Crippen molar-refractivity contribution in [3.63, 3.8) is 0 Å². The van der Waals surface area contributed by atoms with Gasteiger partial charge in [-0.2, -0.15) is 4.31 Å². The fourth-order valence-corrected chi connectivity index (χ4v) is 4.24. The molecule has 7 nitrogen and oxygen atoms in total. The number of sulfonamides is 1. The van der Waals surface area contributed by atoms with Crippen molar-refractivity contribution in [1.29, 1.82) is 0 Å². The van der Waals surface area contributed by atoms with Crippen LogP contribution in [0.15, 0.2) is 58.4 Å². The van der Waals surface area contributed by atoms with E-state index < -0.39 is 15.6 Å². The first kappa shape index (κ1) is 20.9. The minimum atomic E-state index is -3.70. The van der Waals surface area contributed by atoms with E-state index >= 15 is 0 Å². The summed E-state index contributed by atoms with van der Waals surface area (Å²) >= 11 is 0. The molecule has 0 fully saturated rings. The Morgan fingerprint density at radius 2 is 1.74 bits per heavy atom. The van der Waals surface area contributed by atoms with E-state index in [1.807, 2.05) is 37.3 Å². The first-order valence-electron chi connectivity index (χ1n) is 8.84. The summed E-state index contributed by atoms with van der Waals surface area (Å²) in [5.41, 5.74) is 0.507. The number of nitrogens with zero attached hydrogens (tertiary/aromatic N) is 2. The highest BCUT2D eigenvalue weighted by molar-refractivity contribution is 7.89. The van der Waals surface area contributed by atoms with E-state index in [-0.39, 0.29) is 23.4 Å². The van der Waals surface area contributed by atoms with Gasteiger partial charge < -0.3 is 9.88 Å². The van der Waals surface area contributed by atoms with Gasteiger partial charge in [-0.3, -0.25) is 9.59 Å². The van der Waals surface area contributed by atoms with Crippen LogP contribution in [0.25, 0.3) is 0 Å². The summed E-state index contributed by atoms with van der Waals surface area (Å²) in [5.74, 6) is -0.370. The Kier molecular flexibility index (Phi) is 6.92. The summed E-state index contributed by atoms with van der Waals surface area (Å²) in [7, 11) is -3.70. The van der Waals surface area contributed by atoms with E-state index in [0.717, 1.165) is 10.1 Å². The molecule has 8 heteroatoms. The summed E-state index contributed by atoms with van der Waals surface area (Å²) in [5, 5.41) is 2.82. The number of aromatic nitrogens is 1. The van der Waals surface area contributed by atoms with Gasteiger partial charge in [0.1, 0.15) is 6.54 Å². The molecule has 1 atom stereocenters. The molecule has 1 aromatic heterocycles. The summed E-state index contributed by atoms with van der Waals surface area (Å²) in [6.07, 6.45) is 1.22. The summed E-state index contributed by atoms with van der Waals surface area (Å²) in [6.45, 7) is 5.74. The smallest absolute Gasteiger partial charge is 0.251 e.